The molecule has 2 atom stereocenters. The molecule has 13 heteroatoms. The topological polar surface area (TPSA) is 177 Å². The van der Waals surface area contributed by atoms with Crippen molar-refractivity contribution in [3.63, 3.8) is 0 Å². The molecule has 1 aromatic rings. The Bertz CT molecular complexity index is 813. The van der Waals surface area contributed by atoms with Crippen LogP contribution in [0.1, 0.15) is 17.4 Å². The van der Waals surface area contributed by atoms with E-state index in [0.717, 1.165) is 18.3 Å². The molecule has 2 amide bonds. The van der Waals surface area contributed by atoms with Crippen LogP contribution in [0.3, 0.4) is 0 Å². The molecule has 0 saturated carbocycles. The van der Waals surface area contributed by atoms with Gasteiger partial charge in [0.1, 0.15) is 17.3 Å². The molecule has 1 aromatic heterocycles. The summed E-state index contributed by atoms with van der Waals surface area (Å²) < 4.78 is 30.9. The van der Waals surface area contributed by atoms with Gasteiger partial charge >= 0.3 is 10.3 Å². The fourth-order valence-corrected chi connectivity index (χ4v) is 3.73. The van der Waals surface area contributed by atoms with Gasteiger partial charge in [-0.3, -0.25) is 23.7 Å². The summed E-state index contributed by atoms with van der Waals surface area (Å²) in [6.45, 7) is 1.01. The molecule has 1 aliphatic heterocycles. The summed E-state index contributed by atoms with van der Waals surface area (Å²) in [6, 6.07) is 0. The van der Waals surface area contributed by atoms with Crippen molar-refractivity contribution in [1.82, 2.24) is 9.29 Å². The van der Waals surface area contributed by atoms with E-state index in [4.69, 9.17) is 10.3 Å². The second kappa shape index (κ2) is 5.45. The first-order valence-corrected chi connectivity index (χ1v) is 8.14. The minimum absolute atomic E-state index is 0.0613. The van der Waals surface area contributed by atoms with E-state index in [1.165, 1.54) is 5.38 Å². The summed E-state index contributed by atoms with van der Waals surface area (Å²) in [7, 11) is -4.95. The minimum atomic E-state index is -4.95. The number of rotatable bonds is 6. The molecule has 1 fully saturated rings. The smallest absolute Gasteiger partial charge is 0.307 e. The number of hydrogen-bond acceptors (Lipinski definition) is 9. The van der Waals surface area contributed by atoms with Crippen LogP contribution in [0.4, 0.5) is 5.13 Å². The van der Waals surface area contributed by atoms with Crippen molar-refractivity contribution in [2.75, 3.05) is 5.32 Å². The predicted octanol–water partition coefficient (Wildman–Crippen LogP) is -1.60. The lowest BCUT2D eigenvalue weighted by Crippen LogP contribution is -2.77. The molecule has 11 nitrogen and oxygen atoms in total. The zero-order valence-corrected chi connectivity index (χ0v) is 13.1. The number of carbonyl (C=O) groups is 4. The number of nitrogens with one attached hydrogen (secondary N) is 1. The third-order valence-corrected chi connectivity index (χ3v) is 4.91. The number of hydrogen-bond donors (Lipinski definition) is 3. The molecule has 0 aliphatic carbocycles. The Morgan fingerprint density at radius 2 is 2.17 bits per heavy atom. The van der Waals surface area contributed by atoms with Gasteiger partial charge in [-0.05, 0) is 6.92 Å². The maximum Gasteiger partial charge on any atom is 0.363 e. The van der Waals surface area contributed by atoms with Crippen LogP contribution in [0.5, 0.6) is 0 Å². The fraction of sp³-hybridized carbons (Fsp3) is 0.300. The Hall–Kier alpha value is -2.22. The van der Waals surface area contributed by atoms with Crippen LogP contribution >= 0.6 is 11.3 Å². The van der Waals surface area contributed by atoms with E-state index >= 15 is 0 Å². The van der Waals surface area contributed by atoms with Gasteiger partial charge in [-0.1, -0.05) is 0 Å². The van der Waals surface area contributed by atoms with Gasteiger partial charge in [0.2, 0.25) is 18.0 Å². The number of nitrogens with two attached hydrogens (primary N) is 1. The van der Waals surface area contributed by atoms with Gasteiger partial charge in [0, 0.05) is 5.38 Å². The summed E-state index contributed by atoms with van der Waals surface area (Å²) >= 11 is 0.874. The van der Waals surface area contributed by atoms with Crippen LogP contribution in [0, 0.1) is 5.92 Å². The van der Waals surface area contributed by atoms with Crippen LogP contribution in [0.15, 0.2) is 5.38 Å². The molecule has 23 heavy (non-hydrogen) atoms. The second-order valence-electron chi connectivity index (χ2n) is 4.73. The number of Topliss-reactive ketones (excluding diaryl/α,β-unsaturated/α-hetero) is 2. The molecule has 0 aromatic carbocycles. The summed E-state index contributed by atoms with van der Waals surface area (Å²) in [5, 5.41) is 3.43. The number of ketones is 2. The molecule has 2 unspecified atom stereocenters. The van der Waals surface area contributed by atoms with E-state index < -0.39 is 39.4 Å². The fourth-order valence-electron chi connectivity index (χ4n) is 2.15. The minimum Gasteiger partial charge on any atom is -0.307 e. The number of carbonyl (C=O) groups excluding carboxylic acids is 4. The van der Waals surface area contributed by atoms with Crippen molar-refractivity contribution < 1.29 is 32.1 Å². The van der Waals surface area contributed by atoms with Gasteiger partial charge in [-0.2, -0.15) is 12.7 Å². The van der Waals surface area contributed by atoms with Gasteiger partial charge in [0.05, 0.1) is 0 Å². The van der Waals surface area contributed by atoms with Crippen LogP contribution in [0.25, 0.3) is 0 Å². The van der Waals surface area contributed by atoms with Crippen LogP contribution in [-0.4, -0.2) is 51.8 Å². The SMILES string of the molecule is CC1(N)C(C(=O)C(=O)c2csc(NC=O)n2)C(=O)N1S(=O)(=O)O. The zero-order valence-electron chi connectivity index (χ0n) is 11.4. The normalized spacial score (nSPS) is 24.0. The Labute approximate surface area is 133 Å². The Morgan fingerprint density at radius 3 is 2.65 bits per heavy atom. The van der Waals surface area contributed by atoms with E-state index in [1.54, 1.807) is 0 Å². The first-order valence-electron chi connectivity index (χ1n) is 5.86. The highest BCUT2D eigenvalue weighted by Gasteiger charge is 2.64. The largest absolute Gasteiger partial charge is 0.363 e. The number of thiazole rings is 1. The van der Waals surface area contributed by atoms with Crippen LogP contribution < -0.4 is 11.1 Å². The van der Waals surface area contributed by atoms with Crippen molar-refractivity contribution in [3.05, 3.63) is 11.1 Å². The van der Waals surface area contributed by atoms with Gasteiger partial charge in [0.25, 0.3) is 5.91 Å². The van der Waals surface area contributed by atoms with Crippen molar-refractivity contribution >= 4 is 50.7 Å². The number of aromatic nitrogens is 1. The summed E-state index contributed by atoms with van der Waals surface area (Å²) in [4.78, 5) is 49.8. The lowest BCUT2D eigenvalue weighted by atomic mass is 9.80. The van der Waals surface area contributed by atoms with Gasteiger partial charge in [-0.15, -0.1) is 11.3 Å². The molecule has 0 spiro atoms. The quantitative estimate of drug-likeness (QED) is 0.134. The van der Waals surface area contributed by atoms with Crippen molar-refractivity contribution in [2.24, 2.45) is 11.7 Å². The van der Waals surface area contributed by atoms with Crippen molar-refractivity contribution in [2.45, 2.75) is 12.6 Å². The van der Waals surface area contributed by atoms with Crippen LogP contribution in [0.2, 0.25) is 0 Å². The average molecular weight is 362 g/mol. The highest BCUT2D eigenvalue weighted by Crippen LogP contribution is 2.36. The highest BCUT2D eigenvalue weighted by atomic mass is 32.2. The van der Waals surface area contributed by atoms with E-state index in [9.17, 15) is 27.6 Å². The average Bonchev–Trinajstić information content (AvgIpc) is 2.84. The summed E-state index contributed by atoms with van der Waals surface area (Å²) in [6.07, 6.45) is 0.325. The molecule has 0 bridgehead atoms. The lowest BCUT2D eigenvalue weighted by Gasteiger charge is -2.49. The molecule has 0 radical (unpaired) electrons. The van der Waals surface area contributed by atoms with E-state index in [0.29, 0.717) is 6.41 Å². The maximum atomic E-state index is 12.1. The Kier molecular flexibility index (Phi) is 4.06. The monoisotopic (exact) mass is 362 g/mol. The van der Waals surface area contributed by atoms with E-state index in [-0.39, 0.29) is 15.1 Å². The zero-order chi connectivity index (χ0) is 17.6. The standard InChI is InChI=1S/C10H10N4O7S2/c1-10(11)5(8(18)14(10)23(19,20)21)7(17)6(16)4-2-22-9(13-4)12-3-15/h2-3,5H,11H2,1H3,(H,12,13,15)(H,19,20,21). The predicted molar refractivity (Wildman–Crippen MR) is 75.6 cm³/mol. The van der Waals surface area contributed by atoms with Gasteiger partial charge < -0.3 is 11.1 Å². The first-order chi connectivity index (χ1) is 10.5. The third kappa shape index (κ3) is 2.74. The van der Waals surface area contributed by atoms with Crippen molar-refractivity contribution in [3.8, 4) is 0 Å². The van der Waals surface area contributed by atoms with Crippen molar-refractivity contribution in [1.29, 1.82) is 0 Å². The van der Waals surface area contributed by atoms with Crippen LogP contribution in [-0.2, 0) is 24.7 Å². The number of β-lactam (4-membered cyclic amide) rings is 1. The number of nitrogens with zero attached hydrogens (tertiary/aromatic N) is 2. The first kappa shape index (κ1) is 17.1. The van der Waals surface area contributed by atoms with Gasteiger partial charge in [-0.25, -0.2) is 4.98 Å². The molecule has 124 valence electrons. The molecule has 1 saturated heterocycles. The Morgan fingerprint density at radius 1 is 1.57 bits per heavy atom. The van der Waals surface area contributed by atoms with E-state index in [1.807, 2.05) is 0 Å². The number of amides is 2. The number of anilines is 1. The summed E-state index contributed by atoms with van der Waals surface area (Å²) in [5.41, 5.74) is 3.18. The Balaban J connectivity index is 2.25. The highest BCUT2D eigenvalue weighted by molar-refractivity contribution is 7.84. The molecule has 4 N–H and O–H groups in total. The summed E-state index contributed by atoms with van der Waals surface area (Å²) in [5.74, 6) is -5.49. The lowest BCUT2D eigenvalue weighted by molar-refractivity contribution is -0.160. The van der Waals surface area contributed by atoms with Gasteiger partial charge in [0.15, 0.2) is 5.13 Å². The molecular weight excluding hydrogens is 352 g/mol. The molecule has 2 heterocycles. The third-order valence-electron chi connectivity index (χ3n) is 3.11. The molecular formula is C10H10N4O7S2. The second-order valence-corrected chi connectivity index (χ2v) is 6.85. The maximum absolute atomic E-state index is 12.1. The molecule has 2 rings (SSSR count). The molecule has 1 aliphatic rings. The van der Waals surface area contributed by atoms with E-state index in [2.05, 4.69) is 10.3 Å².